The molecule has 0 saturated heterocycles. The molecule has 0 unspecified atom stereocenters. The summed E-state index contributed by atoms with van der Waals surface area (Å²) < 4.78 is 1.91. The summed E-state index contributed by atoms with van der Waals surface area (Å²) in [5.74, 6) is 0. The molecular formula is C13H17N3. The van der Waals surface area contributed by atoms with Crippen LogP contribution in [0.1, 0.15) is 17.0 Å². The van der Waals surface area contributed by atoms with Crippen LogP contribution in [-0.4, -0.2) is 9.78 Å². The number of benzene rings is 1. The zero-order valence-corrected chi connectivity index (χ0v) is 9.99. The summed E-state index contributed by atoms with van der Waals surface area (Å²) in [6, 6.07) is 10.4. The summed E-state index contributed by atoms with van der Waals surface area (Å²) in [6.45, 7) is 4.95. The van der Waals surface area contributed by atoms with Crippen molar-refractivity contribution in [2.45, 2.75) is 20.4 Å². The molecule has 0 fully saturated rings. The minimum atomic E-state index is 0.841. The third kappa shape index (κ3) is 2.08. The fourth-order valence-corrected chi connectivity index (χ4v) is 1.82. The van der Waals surface area contributed by atoms with Crippen molar-refractivity contribution in [1.29, 1.82) is 0 Å². The molecule has 3 heteroatoms. The van der Waals surface area contributed by atoms with Crippen molar-refractivity contribution < 1.29 is 0 Å². The Bertz CT molecular complexity index is 471. The Labute approximate surface area is 96.1 Å². The second-order valence-corrected chi connectivity index (χ2v) is 4.01. The molecule has 0 aliphatic carbocycles. The van der Waals surface area contributed by atoms with Gasteiger partial charge in [-0.05, 0) is 19.4 Å². The molecule has 2 aromatic rings. The van der Waals surface area contributed by atoms with Crippen molar-refractivity contribution in [2.75, 3.05) is 5.32 Å². The van der Waals surface area contributed by atoms with Gasteiger partial charge in [0, 0.05) is 13.6 Å². The minimum absolute atomic E-state index is 0.841. The van der Waals surface area contributed by atoms with Gasteiger partial charge < -0.3 is 5.32 Å². The van der Waals surface area contributed by atoms with Gasteiger partial charge in [0.15, 0.2) is 0 Å². The van der Waals surface area contributed by atoms with Crippen LogP contribution in [0, 0.1) is 13.8 Å². The maximum atomic E-state index is 4.38. The molecule has 0 saturated carbocycles. The lowest BCUT2D eigenvalue weighted by Crippen LogP contribution is -2.01. The lowest BCUT2D eigenvalue weighted by atomic mass is 10.2. The molecule has 0 bridgehead atoms. The Morgan fingerprint density at radius 1 is 1.19 bits per heavy atom. The summed E-state index contributed by atoms with van der Waals surface area (Å²) in [5, 5.41) is 7.81. The van der Waals surface area contributed by atoms with E-state index in [1.807, 2.05) is 24.7 Å². The molecule has 0 aliphatic rings. The molecule has 1 aromatic heterocycles. The molecule has 0 radical (unpaired) electrons. The largest absolute Gasteiger partial charge is 0.378 e. The molecule has 1 aromatic carbocycles. The standard InChI is InChI=1S/C13H17N3/c1-10-13(11(2)16(3)15-10)14-9-12-7-5-4-6-8-12/h4-8,14H,9H2,1-3H3. The van der Waals surface area contributed by atoms with Crippen LogP contribution in [0.2, 0.25) is 0 Å². The predicted molar refractivity (Wildman–Crippen MR) is 66.5 cm³/mol. The highest BCUT2D eigenvalue weighted by atomic mass is 15.3. The third-order valence-electron chi connectivity index (χ3n) is 2.82. The Kier molecular flexibility index (Phi) is 2.95. The first-order chi connectivity index (χ1) is 7.68. The highest BCUT2D eigenvalue weighted by molar-refractivity contribution is 5.52. The van der Waals surface area contributed by atoms with Crippen molar-refractivity contribution in [3.63, 3.8) is 0 Å². The van der Waals surface area contributed by atoms with Gasteiger partial charge in [-0.3, -0.25) is 4.68 Å². The van der Waals surface area contributed by atoms with Crippen LogP contribution in [0.15, 0.2) is 30.3 Å². The molecule has 0 atom stereocenters. The first kappa shape index (κ1) is 10.7. The number of nitrogens with zero attached hydrogens (tertiary/aromatic N) is 2. The number of hydrogen-bond acceptors (Lipinski definition) is 2. The van der Waals surface area contributed by atoms with Gasteiger partial charge in [0.1, 0.15) is 0 Å². The van der Waals surface area contributed by atoms with Gasteiger partial charge >= 0.3 is 0 Å². The highest BCUT2D eigenvalue weighted by Gasteiger charge is 2.07. The third-order valence-corrected chi connectivity index (χ3v) is 2.82. The first-order valence-corrected chi connectivity index (χ1v) is 5.46. The molecule has 16 heavy (non-hydrogen) atoms. The van der Waals surface area contributed by atoms with E-state index in [0.29, 0.717) is 0 Å². The molecule has 0 spiro atoms. The lowest BCUT2D eigenvalue weighted by molar-refractivity contribution is 0.731. The fourth-order valence-electron chi connectivity index (χ4n) is 1.82. The van der Waals surface area contributed by atoms with Crippen molar-refractivity contribution in [3.8, 4) is 0 Å². The Balaban J connectivity index is 2.11. The lowest BCUT2D eigenvalue weighted by Gasteiger charge is -2.06. The number of aromatic nitrogens is 2. The SMILES string of the molecule is Cc1nn(C)c(C)c1NCc1ccccc1. The summed E-state index contributed by atoms with van der Waals surface area (Å²) in [5.41, 5.74) is 4.65. The zero-order chi connectivity index (χ0) is 11.5. The van der Waals surface area contributed by atoms with Gasteiger partial charge in [-0.2, -0.15) is 5.10 Å². The fraction of sp³-hybridized carbons (Fsp3) is 0.308. The average Bonchev–Trinajstić information content (AvgIpc) is 2.53. The van der Waals surface area contributed by atoms with E-state index >= 15 is 0 Å². The molecular weight excluding hydrogens is 198 g/mol. The second kappa shape index (κ2) is 4.39. The van der Waals surface area contributed by atoms with Crippen molar-refractivity contribution in [1.82, 2.24) is 9.78 Å². The Hall–Kier alpha value is -1.77. The molecule has 3 nitrogen and oxygen atoms in total. The van der Waals surface area contributed by atoms with E-state index in [2.05, 4.69) is 41.6 Å². The van der Waals surface area contributed by atoms with E-state index in [9.17, 15) is 0 Å². The Morgan fingerprint density at radius 3 is 2.44 bits per heavy atom. The van der Waals surface area contributed by atoms with Crippen LogP contribution in [0.25, 0.3) is 0 Å². The van der Waals surface area contributed by atoms with E-state index in [-0.39, 0.29) is 0 Å². The average molecular weight is 215 g/mol. The van der Waals surface area contributed by atoms with Crippen LogP contribution in [0.3, 0.4) is 0 Å². The van der Waals surface area contributed by atoms with Crippen LogP contribution in [0.5, 0.6) is 0 Å². The van der Waals surface area contributed by atoms with Gasteiger partial charge in [-0.25, -0.2) is 0 Å². The van der Waals surface area contributed by atoms with Crippen LogP contribution in [-0.2, 0) is 13.6 Å². The van der Waals surface area contributed by atoms with E-state index in [1.165, 1.54) is 11.3 Å². The van der Waals surface area contributed by atoms with Crippen molar-refractivity contribution in [3.05, 3.63) is 47.3 Å². The van der Waals surface area contributed by atoms with Gasteiger partial charge in [0.05, 0.1) is 17.1 Å². The van der Waals surface area contributed by atoms with Crippen LogP contribution < -0.4 is 5.32 Å². The maximum Gasteiger partial charge on any atom is 0.0827 e. The summed E-state index contributed by atoms with van der Waals surface area (Å²) in [6.07, 6.45) is 0. The molecule has 84 valence electrons. The van der Waals surface area contributed by atoms with Crippen LogP contribution >= 0.6 is 0 Å². The van der Waals surface area contributed by atoms with E-state index in [0.717, 1.165) is 17.9 Å². The number of nitrogens with one attached hydrogen (secondary N) is 1. The minimum Gasteiger partial charge on any atom is -0.378 e. The molecule has 1 N–H and O–H groups in total. The topological polar surface area (TPSA) is 29.9 Å². The summed E-state index contributed by atoms with van der Waals surface area (Å²) in [7, 11) is 1.97. The van der Waals surface area contributed by atoms with E-state index < -0.39 is 0 Å². The molecule has 1 heterocycles. The summed E-state index contributed by atoms with van der Waals surface area (Å²) >= 11 is 0. The number of anilines is 1. The number of rotatable bonds is 3. The van der Waals surface area contributed by atoms with E-state index in [1.54, 1.807) is 0 Å². The second-order valence-electron chi connectivity index (χ2n) is 4.01. The van der Waals surface area contributed by atoms with Crippen LogP contribution in [0.4, 0.5) is 5.69 Å². The molecule has 0 aliphatic heterocycles. The maximum absolute atomic E-state index is 4.38. The zero-order valence-electron chi connectivity index (χ0n) is 9.99. The normalized spacial score (nSPS) is 10.4. The quantitative estimate of drug-likeness (QED) is 0.853. The van der Waals surface area contributed by atoms with Crippen molar-refractivity contribution in [2.24, 2.45) is 7.05 Å². The monoisotopic (exact) mass is 215 g/mol. The predicted octanol–water partition coefficient (Wildman–Crippen LogP) is 2.65. The highest BCUT2D eigenvalue weighted by Crippen LogP contribution is 2.19. The van der Waals surface area contributed by atoms with E-state index in [4.69, 9.17) is 0 Å². The summed E-state index contributed by atoms with van der Waals surface area (Å²) in [4.78, 5) is 0. The van der Waals surface area contributed by atoms with Gasteiger partial charge in [-0.1, -0.05) is 30.3 Å². The first-order valence-electron chi connectivity index (χ1n) is 5.46. The smallest absolute Gasteiger partial charge is 0.0827 e. The van der Waals surface area contributed by atoms with Gasteiger partial charge in [-0.15, -0.1) is 0 Å². The Morgan fingerprint density at radius 2 is 1.88 bits per heavy atom. The molecule has 0 amide bonds. The molecule has 2 rings (SSSR count). The van der Waals surface area contributed by atoms with Gasteiger partial charge in [0.2, 0.25) is 0 Å². The number of hydrogen-bond donors (Lipinski definition) is 1. The van der Waals surface area contributed by atoms with Gasteiger partial charge in [0.25, 0.3) is 0 Å². The number of aryl methyl sites for hydroxylation is 2. The van der Waals surface area contributed by atoms with Crippen molar-refractivity contribution >= 4 is 5.69 Å².